The largest absolute Gasteiger partial charge is 0.462 e. The minimum absolute atomic E-state index is 0.0817. The second-order valence-electron chi connectivity index (χ2n) is 19.6. The van der Waals surface area contributed by atoms with Crippen molar-refractivity contribution in [3.8, 4) is 0 Å². The smallest absolute Gasteiger partial charge is 0.306 e. The fourth-order valence-electron chi connectivity index (χ4n) is 8.45. The van der Waals surface area contributed by atoms with Gasteiger partial charge < -0.3 is 14.2 Å². The number of rotatable bonds is 53. The molecule has 0 saturated carbocycles. The maximum absolute atomic E-state index is 12.9. The topological polar surface area (TPSA) is 78.9 Å². The molecular formula is C62H110O6. The van der Waals surface area contributed by atoms with Crippen LogP contribution in [-0.4, -0.2) is 37.2 Å². The standard InChI is InChI=1S/C62H110O6/c1-4-7-10-13-16-19-22-25-28-30-31-32-35-37-40-43-46-49-52-55-61(64)67-58-59(57-66-60(63)54-51-48-45-42-39-36-33-27-24-21-18-15-12-9-6-3)68-62(65)56-53-50-47-44-41-38-34-29-26-23-20-17-14-11-8-5-2/h9,12,15,18,21,24,27,30-31,33,59H,4-8,10-11,13-14,16-17,19-20,22-23,25-26,28-29,32,34-58H2,1-3H3/b12-9-,18-15-,24-21-,31-30-,33-27-. The van der Waals surface area contributed by atoms with Crippen LogP contribution < -0.4 is 0 Å². The maximum atomic E-state index is 12.9. The first-order chi connectivity index (χ1) is 33.5. The Morgan fingerprint density at radius 1 is 0.309 bits per heavy atom. The molecule has 0 rings (SSSR count). The van der Waals surface area contributed by atoms with Crippen LogP contribution in [0, 0.1) is 0 Å². The summed E-state index contributed by atoms with van der Waals surface area (Å²) in [5, 5.41) is 0. The Morgan fingerprint density at radius 3 is 0.941 bits per heavy atom. The van der Waals surface area contributed by atoms with Crippen molar-refractivity contribution in [1.29, 1.82) is 0 Å². The van der Waals surface area contributed by atoms with E-state index >= 15 is 0 Å². The second-order valence-corrected chi connectivity index (χ2v) is 19.6. The van der Waals surface area contributed by atoms with Crippen molar-refractivity contribution < 1.29 is 28.6 Å². The van der Waals surface area contributed by atoms with Gasteiger partial charge in [0, 0.05) is 19.3 Å². The zero-order valence-electron chi connectivity index (χ0n) is 45.1. The molecule has 0 spiro atoms. The summed E-state index contributed by atoms with van der Waals surface area (Å²) >= 11 is 0. The van der Waals surface area contributed by atoms with Crippen molar-refractivity contribution in [3.05, 3.63) is 60.8 Å². The zero-order valence-corrected chi connectivity index (χ0v) is 45.1. The highest BCUT2D eigenvalue weighted by molar-refractivity contribution is 5.71. The lowest BCUT2D eigenvalue weighted by Crippen LogP contribution is -2.30. The van der Waals surface area contributed by atoms with E-state index < -0.39 is 6.10 Å². The van der Waals surface area contributed by atoms with Crippen molar-refractivity contribution in [2.24, 2.45) is 0 Å². The molecule has 0 aromatic heterocycles. The summed E-state index contributed by atoms with van der Waals surface area (Å²) in [5.74, 6) is -0.895. The Labute approximate surface area is 421 Å². The molecule has 0 aliphatic carbocycles. The van der Waals surface area contributed by atoms with Crippen molar-refractivity contribution in [3.63, 3.8) is 0 Å². The fraction of sp³-hybridized carbons (Fsp3) is 0.790. The van der Waals surface area contributed by atoms with E-state index in [-0.39, 0.29) is 31.1 Å². The SMILES string of the molecule is CC\C=C/C=C\C=C/C=C\CCCCCCCC(=O)OCC(COC(=O)CCCCCCCCC/C=C\CCCCCCCCCC)OC(=O)CCCCCCCCCCCCCCCCCC. The highest BCUT2D eigenvalue weighted by atomic mass is 16.6. The van der Waals surface area contributed by atoms with Gasteiger partial charge in [-0.05, 0) is 64.2 Å². The number of unbranched alkanes of at least 4 members (excludes halogenated alkanes) is 35. The van der Waals surface area contributed by atoms with Crippen LogP contribution in [-0.2, 0) is 28.6 Å². The van der Waals surface area contributed by atoms with E-state index in [1.54, 1.807) is 0 Å². The van der Waals surface area contributed by atoms with E-state index in [1.165, 1.54) is 173 Å². The van der Waals surface area contributed by atoms with Gasteiger partial charge in [0.25, 0.3) is 0 Å². The molecule has 0 N–H and O–H groups in total. The van der Waals surface area contributed by atoms with Gasteiger partial charge in [0.15, 0.2) is 6.10 Å². The average Bonchev–Trinajstić information content (AvgIpc) is 3.34. The Balaban J connectivity index is 4.38. The van der Waals surface area contributed by atoms with E-state index in [0.717, 1.165) is 83.5 Å². The molecule has 0 amide bonds. The molecule has 6 nitrogen and oxygen atoms in total. The molecule has 1 unspecified atom stereocenters. The van der Waals surface area contributed by atoms with Crippen LogP contribution in [0.2, 0.25) is 0 Å². The van der Waals surface area contributed by atoms with Crippen molar-refractivity contribution in [1.82, 2.24) is 0 Å². The quantitative estimate of drug-likeness (QED) is 0.0199. The molecule has 0 aromatic carbocycles. The summed E-state index contributed by atoms with van der Waals surface area (Å²) in [6.45, 7) is 6.51. The van der Waals surface area contributed by atoms with Crippen LogP contribution in [0.15, 0.2) is 60.8 Å². The molecule has 0 aliphatic heterocycles. The summed E-state index contributed by atoms with van der Waals surface area (Å²) in [6.07, 6.45) is 70.7. The third-order valence-electron chi connectivity index (χ3n) is 12.9. The Kier molecular flexibility index (Phi) is 54.3. The van der Waals surface area contributed by atoms with Crippen molar-refractivity contribution in [2.45, 2.75) is 303 Å². The van der Waals surface area contributed by atoms with Gasteiger partial charge in [-0.25, -0.2) is 0 Å². The number of allylic oxidation sites excluding steroid dienone is 10. The summed E-state index contributed by atoms with van der Waals surface area (Å²) in [5.41, 5.74) is 0. The molecule has 0 heterocycles. The van der Waals surface area contributed by atoms with Gasteiger partial charge in [0.1, 0.15) is 13.2 Å². The van der Waals surface area contributed by atoms with Crippen molar-refractivity contribution in [2.75, 3.05) is 13.2 Å². The van der Waals surface area contributed by atoms with Crippen molar-refractivity contribution >= 4 is 17.9 Å². The second kappa shape index (κ2) is 56.7. The molecule has 394 valence electrons. The van der Waals surface area contributed by atoms with Gasteiger partial charge in [-0.3, -0.25) is 14.4 Å². The van der Waals surface area contributed by atoms with E-state index in [2.05, 4.69) is 63.3 Å². The first kappa shape index (κ1) is 65.1. The molecule has 0 saturated heterocycles. The summed E-state index contributed by atoms with van der Waals surface area (Å²) in [7, 11) is 0. The molecule has 6 heteroatoms. The number of ether oxygens (including phenoxy) is 3. The minimum Gasteiger partial charge on any atom is -0.462 e. The lowest BCUT2D eigenvalue weighted by Gasteiger charge is -2.18. The summed E-state index contributed by atoms with van der Waals surface area (Å²) < 4.78 is 16.9. The summed E-state index contributed by atoms with van der Waals surface area (Å²) in [6, 6.07) is 0. The van der Waals surface area contributed by atoms with Gasteiger partial charge in [0.2, 0.25) is 0 Å². The monoisotopic (exact) mass is 951 g/mol. The van der Waals surface area contributed by atoms with Gasteiger partial charge in [-0.15, -0.1) is 0 Å². The van der Waals surface area contributed by atoms with Gasteiger partial charge in [-0.1, -0.05) is 274 Å². The van der Waals surface area contributed by atoms with E-state index in [1.807, 2.05) is 18.2 Å². The Morgan fingerprint density at radius 2 is 0.588 bits per heavy atom. The third kappa shape index (κ3) is 54.1. The van der Waals surface area contributed by atoms with Crippen LogP contribution in [0.25, 0.3) is 0 Å². The first-order valence-corrected chi connectivity index (χ1v) is 29.3. The minimum atomic E-state index is -0.784. The Hall–Kier alpha value is -2.89. The Bertz CT molecular complexity index is 1230. The van der Waals surface area contributed by atoms with Crippen LogP contribution in [0.5, 0.6) is 0 Å². The van der Waals surface area contributed by atoms with Gasteiger partial charge in [-0.2, -0.15) is 0 Å². The average molecular weight is 952 g/mol. The maximum Gasteiger partial charge on any atom is 0.306 e. The first-order valence-electron chi connectivity index (χ1n) is 29.3. The van der Waals surface area contributed by atoms with Gasteiger partial charge >= 0.3 is 17.9 Å². The third-order valence-corrected chi connectivity index (χ3v) is 12.9. The number of carbonyl (C=O) groups is 3. The molecule has 68 heavy (non-hydrogen) atoms. The fourth-order valence-corrected chi connectivity index (χ4v) is 8.45. The molecule has 0 aromatic rings. The van der Waals surface area contributed by atoms with E-state index in [9.17, 15) is 14.4 Å². The molecule has 0 radical (unpaired) electrons. The van der Waals surface area contributed by atoms with E-state index in [0.29, 0.717) is 19.3 Å². The number of hydrogen-bond donors (Lipinski definition) is 0. The molecule has 0 bridgehead atoms. The predicted molar refractivity (Wildman–Crippen MR) is 293 cm³/mol. The summed E-state index contributed by atoms with van der Waals surface area (Å²) in [4.78, 5) is 38.2. The molecule has 0 aliphatic rings. The molecule has 1 atom stereocenters. The van der Waals surface area contributed by atoms with Crippen LogP contribution in [0.3, 0.4) is 0 Å². The van der Waals surface area contributed by atoms with Crippen LogP contribution >= 0.6 is 0 Å². The number of carbonyl (C=O) groups excluding carboxylic acids is 3. The van der Waals surface area contributed by atoms with Crippen LogP contribution in [0.4, 0.5) is 0 Å². The lowest BCUT2D eigenvalue weighted by molar-refractivity contribution is -0.167. The normalized spacial score (nSPS) is 12.5. The highest BCUT2D eigenvalue weighted by Crippen LogP contribution is 2.16. The van der Waals surface area contributed by atoms with Gasteiger partial charge in [0.05, 0.1) is 0 Å². The predicted octanol–water partition coefficient (Wildman–Crippen LogP) is 19.6. The lowest BCUT2D eigenvalue weighted by atomic mass is 10.0. The van der Waals surface area contributed by atoms with E-state index in [4.69, 9.17) is 14.2 Å². The number of esters is 3. The number of hydrogen-bond acceptors (Lipinski definition) is 6. The molecule has 0 fully saturated rings. The van der Waals surface area contributed by atoms with Crippen LogP contribution in [0.1, 0.15) is 297 Å². The molecular weight excluding hydrogens is 841 g/mol. The highest BCUT2D eigenvalue weighted by Gasteiger charge is 2.19. The zero-order chi connectivity index (χ0) is 49.3.